The number of hydrogen-bond donors (Lipinski definition) is 2. The number of rotatable bonds is 3. The zero-order chi connectivity index (χ0) is 14.0. The maximum absolute atomic E-state index is 12.0. The van der Waals surface area contributed by atoms with Gasteiger partial charge in [-0.25, -0.2) is 4.79 Å². The largest absolute Gasteiger partial charge is 0.478 e. The number of furan rings is 1. The quantitative estimate of drug-likeness (QED) is 0.908. The van der Waals surface area contributed by atoms with Gasteiger partial charge in [0.1, 0.15) is 5.76 Å². The Balaban J connectivity index is 2.33. The third-order valence-corrected chi connectivity index (χ3v) is 3.06. The molecule has 1 amide bonds. The van der Waals surface area contributed by atoms with Gasteiger partial charge in [0, 0.05) is 4.47 Å². The van der Waals surface area contributed by atoms with Gasteiger partial charge < -0.3 is 14.8 Å². The summed E-state index contributed by atoms with van der Waals surface area (Å²) in [5.41, 5.74) is 0.626. The molecule has 0 bridgehead atoms. The summed E-state index contributed by atoms with van der Waals surface area (Å²) in [5.74, 6) is -1.04. The van der Waals surface area contributed by atoms with E-state index < -0.39 is 11.9 Å². The first-order chi connectivity index (χ1) is 8.99. The lowest BCUT2D eigenvalue weighted by molar-refractivity contribution is 0.0698. The van der Waals surface area contributed by atoms with Gasteiger partial charge in [-0.2, -0.15) is 0 Å². The fourth-order valence-electron chi connectivity index (χ4n) is 1.62. The van der Waals surface area contributed by atoms with Crippen molar-refractivity contribution in [3.63, 3.8) is 0 Å². The summed E-state index contributed by atoms with van der Waals surface area (Å²) in [5, 5.41) is 11.6. The Morgan fingerprint density at radius 3 is 2.58 bits per heavy atom. The maximum Gasteiger partial charge on any atom is 0.337 e. The van der Waals surface area contributed by atoms with Gasteiger partial charge >= 0.3 is 5.97 Å². The van der Waals surface area contributed by atoms with Crippen LogP contribution >= 0.6 is 15.9 Å². The highest BCUT2D eigenvalue weighted by Crippen LogP contribution is 2.22. The molecule has 0 radical (unpaired) electrons. The molecule has 2 aromatic rings. The summed E-state index contributed by atoms with van der Waals surface area (Å²) < 4.78 is 5.72. The van der Waals surface area contributed by atoms with E-state index in [0.717, 1.165) is 0 Å². The van der Waals surface area contributed by atoms with Gasteiger partial charge in [0.05, 0.1) is 23.1 Å². The van der Waals surface area contributed by atoms with Crippen molar-refractivity contribution in [3.8, 4) is 0 Å². The minimum absolute atomic E-state index is 0.0256. The second kappa shape index (κ2) is 5.27. The van der Waals surface area contributed by atoms with E-state index in [-0.39, 0.29) is 11.3 Å². The van der Waals surface area contributed by atoms with Crippen LogP contribution in [-0.2, 0) is 0 Å². The van der Waals surface area contributed by atoms with E-state index >= 15 is 0 Å². The van der Waals surface area contributed by atoms with Crippen molar-refractivity contribution in [1.82, 2.24) is 0 Å². The smallest absolute Gasteiger partial charge is 0.337 e. The van der Waals surface area contributed by atoms with Crippen LogP contribution in [0.1, 0.15) is 26.5 Å². The molecule has 1 aromatic heterocycles. The Hall–Kier alpha value is -2.08. The minimum atomic E-state index is -1.10. The molecule has 0 spiro atoms. The fourth-order valence-corrected chi connectivity index (χ4v) is 1.98. The third kappa shape index (κ3) is 2.85. The molecular weight excluding hydrogens is 314 g/mol. The van der Waals surface area contributed by atoms with Crippen molar-refractivity contribution in [2.45, 2.75) is 6.92 Å². The van der Waals surface area contributed by atoms with Crippen LogP contribution in [0.5, 0.6) is 0 Å². The zero-order valence-corrected chi connectivity index (χ0v) is 11.5. The predicted molar refractivity (Wildman–Crippen MR) is 72.5 cm³/mol. The molecule has 0 aliphatic rings. The van der Waals surface area contributed by atoms with Gasteiger partial charge in [-0.3, -0.25) is 4.79 Å². The Morgan fingerprint density at radius 1 is 1.26 bits per heavy atom. The Bertz CT molecular complexity index is 648. The lowest BCUT2D eigenvalue weighted by atomic mass is 10.1. The summed E-state index contributed by atoms with van der Waals surface area (Å²) in [7, 11) is 0. The number of anilines is 1. The predicted octanol–water partition coefficient (Wildman–Crippen LogP) is 3.30. The van der Waals surface area contributed by atoms with Crippen molar-refractivity contribution in [3.05, 3.63) is 51.9 Å². The van der Waals surface area contributed by atoms with Crippen molar-refractivity contribution < 1.29 is 19.1 Å². The number of carboxylic acid groups (broad SMARTS) is 1. The first kappa shape index (κ1) is 13.4. The molecule has 1 heterocycles. The van der Waals surface area contributed by atoms with E-state index in [1.54, 1.807) is 13.0 Å². The van der Waals surface area contributed by atoms with Gasteiger partial charge in [-0.05, 0) is 31.2 Å². The number of nitrogens with one attached hydrogen (secondary N) is 1. The molecule has 0 saturated heterocycles. The molecule has 2 N–H and O–H groups in total. The monoisotopic (exact) mass is 323 g/mol. The highest BCUT2D eigenvalue weighted by atomic mass is 79.9. The van der Waals surface area contributed by atoms with Crippen molar-refractivity contribution >= 4 is 33.5 Å². The number of aryl methyl sites for hydroxylation is 1. The standard InChI is InChI=1S/C13H10BrNO4/c1-7-9(4-5-19-7)12(16)15-11-6-8(14)2-3-10(11)13(17)18/h2-6H,1H3,(H,15,16)(H,17,18). The van der Waals surface area contributed by atoms with Gasteiger partial charge in [0.2, 0.25) is 0 Å². The van der Waals surface area contributed by atoms with E-state index in [1.165, 1.54) is 24.5 Å². The molecule has 5 nitrogen and oxygen atoms in total. The Kier molecular flexibility index (Phi) is 3.71. The van der Waals surface area contributed by atoms with Crippen LogP contribution in [0.2, 0.25) is 0 Å². The Morgan fingerprint density at radius 2 is 2.00 bits per heavy atom. The normalized spacial score (nSPS) is 10.2. The van der Waals surface area contributed by atoms with Crippen molar-refractivity contribution in [1.29, 1.82) is 0 Å². The van der Waals surface area contributed by atoms with Gasteiger partial charge in [-0.1, -0.05) is 15.9 Å². The molecule has 0 aliphatic heterocycles. The second-order valence-corrected chi connectivity index (χ2v) is 4.76. The first-order valence-electron chi connectivity index (χ1n) is 5.37. The van der Waals surface area contributed by atoms with Crippen LogP contribution in [0, 0.1) is 6.92 Å². The number of carbonyl (C=O) groups excluding carboxylic acids is 1. The summed E-state index contributed by atoms with van der Waals surface area (Å²) >= 11 is 3.24. The average molecular weight is 324 g/mol. The molecular formula is C13H10BrNO4. The Labute approximate surface area is 117 Å². The number of aromatic carboxylic acids is 1. The highest BCUT2D eigenvalue weighted by molar-refractivity contribution is 9.10. The van der Waals surface area contributed by atoms with Crippen molar-refractivity contribution in [2.75, 3.05) is 5.32 Å². The molecule has 1 aromatic carbocycles. The van der Waals surface area contributed by atoms with Crippen LogP contribution in [0.25, 0.3) is 0 Å². The molecule has 6 heteroatoms. The molecule has 0 fully saturated rings. The lowest BCUT2D eigenvalue weighted by Gasteiger charge is -2.08. The lowest BCUT2D eigenvalue weighted by Crippen LogP contribution is -2.15. The van der Waals surface area contributed by atoms with E-state index in [1.807, 2.05) is 0 Å². The minimum Gasteiger partial charge on any atom is -0.478 e. The van der Waals surface area contributed by atoms with Gasteiger partial charge in [-0.15, -0.1) is 0 Å². The van der Waals surface area contributed by atoms with E-state index in [4.69, 9.17) is 9.52 Å². The number of halogens is 1. The van der Waals surface area contributed by atoms with Gasteiger partial charge in [0.25, 0.3) is 5.91 Å². The van der Waals surface area contributed by atoms with E-state index in [2.05, 4.69) is 21.2 Å². The maximum atomic E-state index is 12.0. The van der Waals surface area contributed by atoms with E-state index in [9.17, 15) is 9.59 Å². The number of hydrogen-bond acceptors (Lipinski definition) is 3. The number of amides is 1. The SMILES string of the molecule is Cc1occc1C(=O)Nc1cc(Br)ccc1C(=O)O. The number of carbonyl (C=O) groups is 2. The molecule has 0 saturated carbocycles. The molecule has 2 rings (SSSR count). The topological polar surface area (TPSA) is 79.5 Å². The number of carboxylic acids is 1. The van der Waals surface area contributed by atoms with Gasteiger partial charge in [0.15, 0.2) is 0 Å². The van der Waals surface area contributed by atoms with Crippen LogP contribution in [0.4, 0.5) is 5.69 Å². The van der Waals surface area contributed by atoms with Crippen LogP contribution < -0.4 is 5.32 Å². The summed E-state index contributed by atoms with van der Waals surface area (Å²) in [6, 6.07) is 6.09. The molecule has 0 aliphatic carbocycles. The fraction of sp³-hybridized carbons (Fsp3) is 0.0769. The molecule has 19 heavy (non-hydrogen) atoms. The van der Waals surface area contributed by atoms with Crippen molar-refractivity contribution in [2.24, 2.45) is 0 Å². The van der Waals surface area contributed by atoms with Crippen LogP contribution in [0.3, 0.4) is 0 Å². The molecule has 98 valence electrons. The summed E-state index contributed by atoms with van der Waals surface area (Å²) in [6.45, 7) is 1.66. The molecule has 0 atom stereocenters. The van der Waals surface area contributed by atoms with Crippen LogP contribution in [-0.4, -0.2) is 17.0 Å². The molecule has 0 unspecified atom stereocenters. The van der Waals surface area contributed by atoms with Crippen LogP contribution in [0.15, 0.2) is 39.4 Å². The van der Waals surface area contributed by atoms with E-state index in [0.29, 0.717) is 15.8 Å². The first-order valence-corrected chi connectivity index (χ1v) is 6.16. The summed E-state index contributed by atoms with van der Waals surface area (Å²) in [6.07, 6.45) is 1.41. The third-order valence-electron chi connectivity index (χ3n) is 2.56. The second-order valence-electron chi connectivity index (χ2n) is 3.84. The average Bonchev–Trinajstić information content (AvgIpc) is 2.75. The summed E-state index contributed by atoms with van der Waals surface area (Å²) in [4.78, 5) is 23.1. The zero-order valence-electron chi connectivity index (χ0n) is 9.94. The number of benzene rings is 1. The highest BCUT2D eigenvalue weighted by Gasteiger charge is 2.16.